The predicted molar refractivity (Wildman–Crippen MR) is 97.7 cm³/mol. The molecule has 1 aromatic carbocycles. The van der Waals surface area contributed by atoms with Gasteiger partial charge in [-0.25, -0.2) is 9.97 Å². The Morgan fingerprint density at radius 2 is 2.16 bits per heavy atom. The second-order valence-electron chi connectivity index (χ2n) is 5.65. The fraction of sp³-hybridized carbons (Fsp3) is 0.167. The number of nitrogens with one attached hydrogen (secondary N) is 1. The summed E-state index contributed by atoms with van der Waals surface area (Å²) in [4.78, 5) is 21.6. The van der Waals surface area contributed by atoms with Crippen LogP contribution in [0.15, 0.2) is 53.3 Å². The Hall–Kier alpha value is -2.67. The number of nitrogens with zero attached hydrogens (tertiary/aromatic N) is 3. The molecule has 3 aromatic rings. The number of amides is 1. The Morgan fingerprint density at radius 1 is 1.24 bits per heavy atom. The van der Waals surface area contributed by atoms with Gasteiger partial charge in [-0.15, -0.1) is 0 Å². The van der Waals surface area contributed by atoms with Crippen LogP contribution in [0.3, 0.4) is 0 Å². The molecule has 2 bridgehead atoms. The minimum absolute atomic E-state index is 0.261. The summed E-state index contributed by atoms with van der Waals surface area (Å²) in [6, 6.07) is 10.9. The van der Waals surface area contributed by atoms with Gasteiger partial charge < -0.3 is 14.6 Å². The lowest BCUT2D eigenvalue weighted by molar-refractivity contribution is 0.102. The number of halogens is 1. The first-order valence-corrected chi connectivity index (χ1v) is 8.72. The van der Waals surface area contributed by atoms with Crippen molar-refractivity contribution in [1.29, 1.82) is 0 Å². The fourth-order valence-electron chi connectivity index (χ4n) is 2.76. The molecular weight excluding hydrogens is 384 g/mol. The Kier molecular flexibility index (Phi) is 4.23. The van der Waals surface area contributed by atoms with Crippen LogP contribution in [0, 0.1) is 0 Å². The molecule has 0 unspecified atom stereocenters. The molecular formula is C18H15BrN4O2. The normalized spacial score (nSPS) is 14.0. The molecule has 4 rings (SSSR count). The number of hydrogen-bond donors (Lipinski definition) is 1. The van der Waals surface area contributed by atoms with Gasteiger partial charge in [-0.05, 0) is 36.8 Å². The van der Waals surface area contributed by atoms with Gasteiger partial charge in [0.15, 0.2) is 5.82 Å². The molecule has 0 fully saturated rings. The number of hydrogen-bond acceptors (Lipinski definition) is 4. The maximum atomic E-state index is 12.7. The van der Waals surface area contributed by atoms with E-state index in [0.29, 0.717) is 23.7 Å². The van der Waals surface area contributed by atoms with Gasteiger partial charge in [-0.2, -0.15) is 0 Å². The lowest BCUT2D eigenvalue weighted by Gasteiger charge is -2.12. The Bertz CT molecular complexity index is 938. The Labute approximate surface area is 153 Å². The van der Waals surface area contributed by atoms with Gasteiger partial charge in [0.25, 0.3) is 5.91 Å². The van der Waals surface area contributed by atoms with Crippen molar-refractivity contribution in [1.82, 2.24) is 14.5 Å². The molecule has 1 N–H and O–H groups in total. The zero-order chi connectivity index (χ0) is 17.2. The van der Waals surface area contributed by atoms with Crippen molar-refractivity contribution in [2.24, 2.45) is 0 Å². The van der Waals surface area contributed by atoms with Crippen LogP contribution >= 0.6 is 15.9 Å². The van der Waals surface area contributed by atoms with Crippen LogP contribution in [0.1, 0.15) is 16.8 Å². The highest BCUT2D eigenvalue weighted by Gasteiger charge is 2.16. The van der Waals surface area contributed by atoms with Crippen molar-refractivity contribution < 1.29 is 9.53 Å². The van der Waals surface area contributed by atoms with Crippen LogP contribution in [0.2, 0.25) is 0 Å². The van der Waals surface area contributed by atoms with Crippen LogP contribution in [0.4, 0.5) is 5.82 Å². The summed E-state index contributed by atoms with van der Waals surface area (Å²) in [7, 11) is 0. The highest BCUT2D eigenvalue weighted by Crippen LogP contribution is 2.25. The lowest BCUT2D eigenvalue weighted by Crippen LogP contribution is -2.15. The molecule has 25 heavy (non-hydrogen) atoms. The van der Waals surface area contributed by atoms with Crippen molar-refractivity contribution in [3.8, 4) is 17.3 Å². The number of pyridine rings is 1. The minimum Gasteiger partial charge on any atom is -0.493 e. The molecule has 126 valence electrons. The lowest BCUT2D eigenvalue weighted by atomic mass is 10.2. The maximum Gasteiger partial charge on any atom is 0.260 e. The molecule has 3 heterocycles. The van der Waals surface area contributed by atoms with Crippen molar-refractivity contribution in [2.45, 2.75) is 13.0 Å². The van der Waals surface area contributed by atoms with E-state index in [4.69, 9.17) is 4.74 Å². The van der Waals surface area contributed by atoms with Crippen LogP contribution in [0.25, 0.3) is 11.5 Å². The summed E-state index contributed by atoms with van der Waals surface area (Å²) >= 11 is 3.41. The van der Waals surface area contributed by atoms with E-state index < -0.39 is 0 Å². The van der Waals surface area contributed by atoms with Crippen molar-refractivity contribution >= 4 is 27.7 Å². The number of carbonyl (C=O) groups excluding carboxylic acids is 1. The summed E-state index contributed by atoms with van der Waals surface area (Å²) in [5, 5.41) is 2.84. The van der Waals surface area contributed by atoms with Gasteiger partial charge in [0, 0.05) is 23.4 Å². The Morgan fingerprint density at radius 3 is 3.08 bits per heavy atom. The smallest absolute Gasteiger partial charge is 0.260 e. The molecule has 0 saturated heterocycles. The zero-order valence-corrected chi connectivity index (χ0v) is 14.9. The van der Waals surface area contributed by atoms with Crippen LogP contribution in [0.5, 0.6) is 5.75 Å². The first-order chi connectivity index (χ1) is 12.2. The largest absolute Gasteiger partial charge is 0.493 e. The van der Waals surface area contributed by atoms with Crippen molar-refractivity contribution in [3.05, 3.63) is 58.8 Å². The van der Waals surface area contributed by atoms with E-state index >= 15 is 0 Å². The number of rotatable bonds is 0. The number of aryl methyl sites for hydroxylation is 1. The second-order valence-corrected chi connectivity index (χ2v) is 6.56. The average Bonchev–Trinajstić information content (AvgIpc) is 3.08. The number of benzene rings is 1. The van der Waals surface area contributed by atoms with Crippen LogP contribution in [-0.2, 0) is 6.54 Å². The van der Waals surface area contributed by atoms with E-state index in [9.17, 15) is 4.79 Å². The maximum absolute atomic E-state index is 12.7. The number of carbonyl (C=O) groups is 1. The second kappa shape index (κ2) is 6.68. The first kappa shape index (κ1) is 15.8. The third-order valence-corrected chi connectivity index (χ3v) is 4.42. The van der Waals surface area contributed by atoms with Crippen molar-refractivity contribution in [3.63, 3.8) is 0 Å². The number of ether oxygens (including phenoxy) is 1. The first-order valence-electron chi connectivity index (χ1n) is 7.93. The molecule has 1 aliphatic rings. The number of fused-ring (bicyclic) bond motifs is 5. The fourth-order valence-corrected chi connectivity index (χ4v) is 3.12. The summed E-state index contributed by atoms with van der Waals surface area (Å²) in [6.07, 6.45) is 4.47. The van der Waals surface area contributed by atoms with Gasteiger partial charge in [0.05, 0.1) is 12.2 Å². The SMILES string of the molecule is O=C1Nc2cccc(n2)-c2nccn2CCCOc2ccc(Br)cc21. The summed E-state index contributed by atoms with van der Waals surface area (Å²) in [5.74, 6) is 1.54. The van der Waals surface area contributed by atoms with E-state index in [-0.39, 0.29) is 5.91 Å². The number of anilines is 1. The van der Waals surface area contributed by atoms with Gasteiger partial charge in [-0.1, -0.05) is 22.0 Å². The topological polar surface area (TPSA) is 69.0 Å². The third-order valence-electron chi connectivity index (χ3n) is 3.92. The molecule has 0 radical (unpaired) electrons. The standard InChI is InChI=1S/C18H15BrN4O2/c19-12-5-6-15-13(11-12)18(24)22-16-4-1-3-14(21-16)17-20-7-9-23(17)8-2-10-25-15/h1,3-7,9,11H,2,8,10H2,(H,21,22,24). The number of aromatic nitrogens is 3. The molecule has 0 spiro atoms. The third kappa shape index (κ3) is 3.28. The highest BCUT2D eigenvalue weighted by atomic mass is 79.9. The molecule has 1 aliphatic heterocycles. The summed E-state index contributed by atoms with van der Waals surface area (Å²) in [6.45, 7) is 1.26. The van der Waals surface area contributed by atoms with E-state index in [0.717, 1.165) is 29.0 Å². The zero-order valence-electron chi connectivity index (χ0n) is 13.3. The van der Waals surface area contributed by atoms with E-state index in [2.05, 4.69) is 31.2 Å². The quantitative estimate of drug-likeness (QED) is 0.625. The number of imidazole rings is 1. The van der Waals surface area contributed by atoms with E-state index in [1.54, 1.807) is 24.4 Å². The molecule has 2 aromatic heterocycles. The molecule has 6 nitrogen and oxygen atoms in total. The highest BCUT2D eigenvalue weighted by molar-refractivity contribution is 9.10. The summed E-state index contributed by atoms with van der Waals surface area (Å²) < 4.78 is 8.70. The minimum atomic E-state index is -0.261. The van der Waals surface area contributed by atoms with E-state index in [1.807, 2.05) is 29.0 Å². The van der Waals surface area contributed by atoms with E-state index in [1.165, 1.54) is 0 Å². The molecule has 1 amide bonds. The van der Waals surface area contributed by atoms with Crippen LogP contribution in [-0.4, -0.2) is 27.0 Å². The average molecular weight is 399 g/mol. The molecule has 0 saturated carbocycles. The molecule has 0 atom stereocenters. The van der Waals surface area contributed by atoms with Gasteiger partial charge in [0.2, 0.25) is 0 Å². The Balaban J connectivity index is 1.77. The van der Waals surface area contributed by atoms with Crippen LogP contribution < -0.4 is 10.1 Å². The van der Waals surface area contributed by atoms with Gasteiger partial charge >= 0.3 is 0 Å². The summed E-state index contributed by atoms with van der Waals surface area (Å²) in [5.41, 5.74) is 1.19. The van der Waals surface area contributed by atoms with Gasteiger partial charge in [0.1, 0.15) is 17.3 Å². The predicted octanol–water partition coefficient (Wildman–Crippen LogP) is 3.74. The van der Waals surface area contributed by atoms with Crippen molar-refractivity contribution in [2.75, 3.05) is 11.9 Å². The van der Waals surface area contributed by atoms with Gasteiger partial charge in [-0.3, -0.25) is 4.79 Å². The molecule has 7 heteroatoms. The molecule has 0 aliphatic carbocycles. The monoisotopic (exact) mass is 398 g/mol.